The van der Waals surface area contributed by atoms with E-state index in [0.29, 0.717) is 6.54 Å². The maximum atomic E-state index is 11.8. The summed E-state index contributed by atoms with van der Waals surface area (Å²) in [5, 5.41) is 4.33. The number of carbonyl (C=O) groups is 1. The van der Waals surface area contributed by atoms with Gasteiger partial charge in [-0.1, -0.05) is 41.9 Å². The van der Waals surface area contributed by atoms with Crippen LogP contribution in [0.15, 0.2) is 34.9 Å². The van der Waals surface area contributed by atoms with E-state index in [1.807, 2.05) is 38.1 Å². The zero-order chi connectivity index (χ0) is 15.4. The van der Waals surface area contributed by atoms with Crippen LogP contribution in [0.25, 0.3) is 10.9 Å². The Labute approximate surface area is 133 Å². The van der Waals surface area contributed by atoms with Gasteiger partial charge < -0.3 is 4.74 Å². The lowest BCUT2D eigenvalue weighted by atomic mass is 10.0. The largest absolute Gasteiger partial charge is 0.468 e. The van der Waals surface area contributed by atoms with Crippen LogP contribution in [-0.4, -0.2) is 24.1 Å². The van der Waals surface area contributed by atoms with Gasteiger partial charge in [-0.3, -0.25) is 15.1 Å². The Bertz CT molecular complexity index is 643. The highest BCUT2D eigenvalue weighted by Gasteiger charge is 2.22. The molecule has 2 aromatic rings. The molecule has 0 radical (unpaired) electrons. The van der Waals surface area contributed by atoms with Gasteiger partial charge in [0, 0.05) is 22.6 Å². The number of hydrogen-bond donors (Lipinski definition) is 1. The fourth-order valence-electron chi connectivity index (χ4n) is 2.28. The second kappa shape index (κ2) is 7.00. The van der Waals surface area contributed by atoms with Gasteiger partial charge in [0.2, 0.25) is 0 Å². The average molecular weight is 351 g/mol. The molecule has 1 N–H and O–H groups in total. The lowest BCUT2D eigenvalue weighted by Gasteiger charge is -2.20. The molecule has 0 spiro atoms. The van der Waals surface area contributed by atoms with E-state index in [0.717, 1.165) is 20.9 Å². The molecule has 5 heteroatoms. The molecule has 0 saturated heterocycles. The molecule has 4 nitrogen and oxygen atoms in total. The molecule has 0 fully saturated rings. The maximum absolute atomic E-state index is 11.8. The fraction of sp³-hybridized carbons (Fsp3) is 0.375. The maximum Gasteiger partial charge on any atom is 0.323 e. The Kier molecular flexibility index (Phi) is 5.31. The Balaban J connectivity index is 2.24. The molecule has 112 valence electrons. The van der Waals surface area contributed by atoms with Crippen molar-refractivity contribution in [3.8, 4) is 0 Å². The number of fused-ring (bicyclic) bond motifs is 1. The molecule has 1 aromatic heterocycles. The molecule has 1 aromatic carbocycles. The van der Waals surface area contributed by atoms with Crippen LogP contribution < -0.4 is 5.32 Å². The van der Waals surface area contributed by atoms with Gasteiger partial charge in [0.25, 0.3) is 0 Å². The third kappa shape index (κ3) is 3.60. The second-order valence-electron chi connectivity index (χ2n) is 5.23. The predicted octanol–water partition coefficient (Wildman–Crippen LogP) is 3.28. The van der Waals surface area contributed by atoms with Gasteiger partial charge in [0.05, 0.1) is 12.6 Å². The second-order valence-corrected chi connectivity index (χ2v) is 6.09. The molecular formula is C16H19BrN2O2. The summed E-state index contributed by atoms with van der Waals surface area (Å²) >= 11 is 3.53. The summed E-state index contributed by atoms with van der Waals surface area (Å²) in [5.41, 5.74) is 2.00. The van der Waals surface area contributed by atoms with Gasteiger partial charge in [0.15, 0.2) is 0 Å². The highest BCUT2D eigenvalue weighted by molar-refractivity contribution is 9.10. The Hall–Kier alpha value is -1.46. The number of aromatic nitrogens is 1. The number of carbonyl (C=O) groups excluding carboxylic acids is 1. The van der Waals surface area contributed by atoms with E-state index in [2.05, 4.69) is 26.2 Å². The van der Waals surface area contributed by atoms with Crippen molar-refractivity contribution in [1.29, 1.82) is 0 Å². The first-order valence-corrected chi connectivity index (χ1v) is 7.67. The van der Waals surface area contributed by atoms with E-state index in [9.17, 15) is 4.79 Å². The van der Waals surface area contributed by atoms with Crippen molar-refractivity contribution in [3.05, 3.63) is 40.5 Å². The lowest BCUT2D eigenvalue weighted by molar-refractivity contribution is -0.144. The fourth-order valence-corrected chi connectivity index (χ4v) is 2.73. The number of methoxy groups -OCH3 is 1. The molecular weight excluding hydrogens is 332 g/mol. The topological polar surface area (TPSA) is 51.2 Å². The van der Waals surface area contributed by atoms with Crippen LogP contribution in [0.5, 0.6) is 0 Å². The van der Waals surface area contributed by atoms with E-state index < -0.39 is 0 Å². The molecule has 0 saturated carbocycles. The summed E-state index contributed by atoms with van der Waals surface area (Å²) in [4.78, 5) is 16.2. The zero-order valence-corrected chi connectivity index (χ0v) is 14.0. The number of nitrogens with zero attached hydrogens (tertiary/aromatic N) is 1. The third-order valence-electron chi connectivity index (χ3n) is 3.43. The molecule has 0 amide bonds. The van der Waals surface area contributed by atoms with Crippen LogP contribution in [0.1, 0.15) is 19.4 Å². The molecule has 1 unspecified atom stereocenters. The summed E-state index contributed by atoms with van der Waals surface area (Å²) in [7, 11) is 1.41. The van der Waals surface area contributed by atoms with Gasteiger partial charge in [0.1, 0.15) is 6.04 Å². The van der Waals surface area contributed by atoms with Crippen LogP contribution in [-0.2, 0) is 16.1 Å². The Morgan fingerprint density at radius 2 is 2.14 bits per heavy atom. The minimum absolute atomic E-state index is 0.159. The third-order valence-corrected chi connectivity index (χ3v) is 4.13. The summed E-state index contributed by atoms with van der Waals surface area (Å²) < 4.78 is 5.86. The first kappa shape index (κ1) is 15.9. The van der Waals surface area contributed by atoms with Crippen molar-refractivity contribution < 1.29 is 9.53 Å². The highest BCUT2D eigenvalue weighted by atomic mass is 79.9. The summed E-state index contributed by atoms with van der Waals surface area (Å²) in [6.45, 7) is 4.55. The molecule has 0 bridgehead atoms. The molecule has 21 heavy (non-hydrogen) atoms. The number of esters is 1. The molecule has 2 rings (SSSR count). The van der Waals surface area contributed by atoms with Gasteiger partial charge in [-0.15, -0.1) is 0 Å². The molecule has 0 aliphatic heterocycles. The van der Waals surface area contributed by atoms with Gasteiger partial charge in [-0.2, -0.15) is 0 Å². The van der Waals surface area contributed by atoms with Crippen LogP contribution in [0.4, 0.5) is 0 Å². The molecule has 1 atom stereocenters. The van der Waals surface area contributed by atoms with Crippen molar-refractivity contribution in [2.24, 2.45) is 5.92 Å². The zero-order valence-electron chi connectivity index (χ0n) is 12.4. The van der Waals surface area contributed by atoms with E-state index in [4.69, 9.17) is 4.74 Å². The number of pyridine rings is 1. The first-order valence-electron chi connectivity index (χ1n) is 6.88. The van der Waals surface area contributed by atoms with Crippen LogP contribution in [0.3, 0.4) is 0 Å². The van der Waals surface area contributed by atoms with Crippen molar-refractivity contribution in [3.63, 3.8) is 0 Å². The number of hydrogen-bond acceptors (Lipinski definition) is 4. The highest BCUT2D eigenvalue weighted by Crippen LogP contribution is 2.25. The van der Waals surface area contributed by atoms with Crippen molar-refractivity contribution >= 4 is 32.8 Å². The summed E-state index contributed by atoms with van der Waals surface area (Å²) in [5.74, 6) is -0.0773. The predicted molar refractivity (Wildman–Crippen MR) is 86.9 cm³/mol. The monoisotopic (exact) mass is 350 g/mol. The SMILES string of the molecule is COC(=O)C(NCc1ccc(Br)c2cccnc12)C(C)C. The Morgan fingerprint density at radius 1 is 1.38 bits per heavy atom. The number of ether oxygens (including phenoxy) is 1. The quantitative estimate of drug-likeness (QED) is 0.840. The minimum atomic E-state index is -0.322. The first-order chi connectivity index (χ1) is 10.0. The lowest BCUT2D eigenvalue weighted by Crippen LogP contribution is -2.41. The number of nitrogens with one attached hydrogen (secondary N) is 1. The van der Waals surface area contributed by atoms with E-state index in [1.54, 1.807) is 6.20 Å². The van der Waals surface area contributed by atoms with E-state index in [1.165, 1.54) is 7.11 Å². The van der Waals surface area contributed by atoms with Gasteiger partial charge >= 0.3 is 5.97 Å². The van der Waals surface area contributed by atoms with Crippen molar-refractivity contribution in [1.82, 2.24) is 10.3 Å². The van der Waals surface area contributed by atoms with Crippen LogP contribution >= 0.6 is 15.9 Å². The smallest absolute Gasteiger partial charge is 0.323 e. The molecule has 0 aliphatic carbocycles. The van der Waals surface area contributed by atoms with E-state index in [-0.39, 0.29) is 17.9 Å². The number of halogens is 1. The van der Waals surface area contributed by atoms with Gasteiger partial charge in [-0.25, -0.2) is 0 Å². The van der Waals surface area contributed by atoms with E-state index >= 15 is 0 Å². The van der Waals surface area contributed by atoms with Crippen molar-refractivity contribution in [2.75, 3.05) is 7.11 Å². The van der Waals surface area contributed by atoms with Gasteiger partial charge in [-0.05, 0) is 23.6 Å². The summed E-state index contributed by atoms with van der Waals surface area (Å²) in [6.07, 6.45) is 1.78. The number of rotatable bonds is 5. The molecule has 0 aliphatic rings. The minimum Gasteiger partial charge on any atom is -0.468 e. The number of benzene rings is 1. The Morgan fingerprint density at radius 3 is 2.81 bits per heavy atom. The standard InChI is InChI=1S/C16H19BrN2O2/c1-10(2)14(16(20)21-3)19-9-11-6-7-13(17)12-5-4-8-18-15(11)12/h4-8,10,14,19H,9H2,1-3H3. The van der Waals surface area contributed by atoms with Crippen LogP contribution in [0.2, 0.25) is 0 Å². The average Bonchev–Trinajstić information content (AvgIpc) is 2.49. The normalized spacial score (nSPS) is 12.6. The van der Waals surface area contributed by atoms with Crippen molar-refractivity contribution in [2.45, 2.75) is 26.4 Å². The molecule has 1 heterocycles. The van der Waals surface area contributed by atoms with Crippen LogP contribution in [0, 0.1) is 5.92 Å². The summed E-state index contributed by atoms with van der Waals surface area (Å²) in [6, 6.07) is 7.63.